The van der Waals surface area contributed by atoms with Gasteiger partial charge in [-0.15, -0.1) is 5.56 Å². The fraction of sp³-hybridized carbons (Fsp3) is 0.400. The molecular formula is C40H46Zr-4. The van der Waals surface area contributed by atoms with Crippen molar-refractivity contribution in [3.8, 4) is 11.1 Å². The van der Waals surface area contributed by atoms with E-state index in [1.807, 2.05) is 30.3 Å². The van der Waals surface area contributed by atoms with Crippen molar-refractivity contribution in [3.05, 3.63) is 126 Å². The monoisotopic (exact) mass is 616 g/mol. The van der Waals surface area contributed by atoms with E-state index >= 15 is 0 Å². The standard InChI is InChI=1S/C18H25.C13H9.C7H7.CH3.CH2.Zr/c1-12-3-13(2)17(4-12)11-18-8-14-5-15(9-18)7-16(6-14)10-18;1-3-7-12-10(5-1)9-11-6-2-4-8-13(11)12;1-7-5-3-2-4-6-7;;;/h4,12,14-16H,5-11H2,1-2H3;1-5,7-8H,9H2;3-6H,1H3;1H3;1H2;/q4*-1;;. The smallest absolute Gasteiger partial charge is 0.0253 e. The molecule has 0 aromatic heterocycles. The molecule has 0 heterocycles. The Morgan fingerprint density at radius 3 is 2.00 bits per heavy atom. The second-order valence-electron chi connectivity index (χ2n) is 12.8. The van der Waals surface area contributed by atoms with Crippen LogP contribution < -0.4 is 0 Å². The summed E-state index contributed by atoms with van der Waals surface area (Å²) in [7, 11) is 0. The molecule has 0 radical (unpaired) electrons. The number of allylic oxidation sites excluding steroid dienone is 4. The molecule has 1 unspecified atom stereocenters. The summed E-state index contributed by atoms with van der Waals surface area (Å²) >= 11 is 1.30. The van der Waals surface area contributed by atoms with Crippen LogP contribution in [0.2, 0.25) is 0 Å². The summed E-state index contributed by atoms with van der Waals surface area (Å²) in [6, 6.07) is 28.9. The molecule has 6 aliphatic carbocycles. The zero-order chi connectivity index (χ0) is 28.1. The van der Waals surface area contributed by atoms with Gasteiger partial charge >= 0.3 is 28.4 Å². The van der Waals surface area contributed by atoms with Gasteiger partial charge < -0.3 is 7.43 Å². The third-order valence-corrected chi connectivity index (χ3v) is 9.61. The number of hydrogen-bond acceptors (Lipinski definition) is 0. The van der Waals surface area contributed by atoms with Crippen molar-refractivity contribution in [2.75, 3.05) is 0 Å². The molecule has 1 heteroatoms. The molecule has 0 saturated heterocycles. The predicted molar refractivity (Wildman–Crippen MR) is 172 cm³/mol. The molecule has 6 aliphatic rings. The average molecular weight is 618 g/mol. The van der Waals surface area contributed by atoms with Gasteiger partial charge in [0, 0.05) is 0 Å². The molecule has 41 heavy (non-hydrogen) atoms. The van der Waals surface area contributed by atoms with E-state index in [-0.39, 0.29) is 7.43 Å². The Kier molecular flexibility index (Phi) is 11.2. The van der Waals surface area contributed by atoms with Crippen molar-refractivity contribution in [2.45, 2.75) is 72.1 Å². The van der Waals surface area contributed by atoms with Crippen LogP contribution in [0.15, 0.2) is 84.0 Å². The molecule has 0 aliphatic heterocycles. The van der Waals surface area contributed by atoms with Crippen molar-refractivity contribution in [1.29, 1.82) is 0 Å². The maximum Gasteiger partial charge on any atom is -0.0253 e. The van der Waals surface area contributed by atoms with Gasteiger partial charge in [-0.1, -0.05) is 68.5 Å². The van der Waals surface area contributed by atoms with Crippen LogP contribution >= 0.6 is 0 Å². The van der Waals surface area contributed by atoms with Crippen molar-refractivity contribution in [1.82, 2.24) is 0 Å². The summed E-state index contributed by atoms with van der Waals surface area (Å²) in [6.07, 6.45) is 17.8. The summed E-state index contributed by atoms with van der Waals surface area (Å²) in [5.41, 5.74) is 10.6. The Morgan fingerprint density at radius 1 is 0.829 bits per heavy atom. The first-order chi connectivity index (χ1) is 19.5. The minimum Gasteiger partial charge on any atom is -0.358 e. The van der Waals surface area contributed by atoms with E-state index in [4.69, 9.17) is 0 Å². The van der Waals surface area contributed by atoms with Crippen molar-refractivity contribution in [2.24, 2.45) is 29.1 Å². The predicted octanol–water partition coefficient (Wildman–Crippen LogP) is 10.2. The summed E-state index contributed by atoms with van der Waals surface area (Å²) in [5.74, 6) is 3.82. The normalized spacial score (nSPS) is 27.2. The van der Waals surface area contributed by atoms with Crippen LogP contribution in [0.4, 0.5) is 0 Å². The zero-order valence-corrected chi connectivity index (χ0v) is 28.1. The maximum absolute atomic E-state index is 3.57. The minimum atomic E-state index is 0. The molecule has 4 bridgehead atoms. The average Bonchev–Trinajstić information content (AvgIpc) is 3.48. The molecular weight excluding hydrogens is 572 g/mol. The quantitative estimate of drug-likeness (QED) is 0.196. The molecule has 0 nitrogen and oxygen atoms in total. The van der Waals surface area contributed by atoms with Gasteiger partial charge in [0.05, 0.1) is 0 Å². The van der Waals surface area contributed by atoms with E-state index < -0.39 is 0 Å². The molecule has 0 amide bonds. The van der Waals surface area contributed by atoms with E-state index in [1.54, 1.807) is 44.1 Å². The van der Waals surface area contributed by atoms with Gasteiger partial charge in [0.2, 0.25) is 0 Å². The van der Waals surface area contributed by atoms with Crippen LogP contribution in [0.3, 0.4) is 0 Å². The van der Waals surface area contributed by atoms with Crippen LogP contribution in [0, 0.1) is 61.6 Å². The summed E-state index contributed by atoms with van der Waals surface area (Å²) in [4.78, 5) is 0. The first-order valence-electron chi connectivity index (χ1n) is 15.1. The van der Waals surface area contributed by atoms with Crippen molar-refractivity contribution in [3.63, 3.8) is 0 Å². The fourth-order valence-electron chi connectivity index (χ4n) is 8.47. The molecule has 0 spiro atoms. The summed E-state index contributed by atoms with van der Waals surface area (Å²) in [6.45, 7) is 6.61. The summed E-state index contributed by atoms with van der Waals surface area (Å²) < 4.78 is 3.34. The first kappa shape index (κ1) is 31.8. The SMILES string of the molecule is CC1=[C-]C(C)C=C1CC12CC3CC(CC(C3)C1)C2.Cc1cc[c-]cc1.[CH2]=[Zr].[CH3-].[c-]1cccc2c1Cc1ccccc1-2. The number of benzene rings is 3. The Morgan fingerprint density at radius 2 is 1.44 bits per heavy atom. The van der Waals surface area contributed by atoms with E-state index in [0.29, 0.717) is 11.3 Å². The molecule has 4 saturated carbocycles. The number of hydrogen-bond donors (Lipinski definition) is 0. The Labute approximate surface area is 265 Å². The number of fused-ring (bicyclic) bond motifs is 3. The minimum absolute atomic E-state index is 0. The fourth-order valence-corrected chi connectivity index (χ4v) is 8.47. The molecule has 0 N–H and O–H groups in total. The number of rotatable bonds is 2. The Hall–Kier alpha value is -2.11. The van der Waals surface area contributed by atoms with Gasteiger partial charge in [0.25, 0.3) is 0 Å². The van der Waals surface area contributed by atoms with Crippen LogP contribution in [0.25, 0.3) is 11.1 Å². The molecule has 3 aromatic carbocycles. The third-order valence-electron chi connectivity index (χ3n) is 9.61. The topological polar surface area (TPSA) is 0 Å². The van der Waals surface area contributed by atoms with Crippen LogP contribution in [-0.2, 0) is 30.7 Å². The van der Waals surface area contributed by atoms with Crippen molar-refractivity contribution >= 4 is 4.21 Å². The molecule has 1 atom stereocenters. The van der Waals surface area contributed by atoms with Gasteiger partial charge in [-0.2, -0.15) is 77.4 Å². The van der Waals surface area contributed by atoms with E-state index in [1.165, 1.54) is 64.0 Å². The van der Waals surface area contributed by atoms with E-state index in [9.17, 15) is 0 Å². The van der Waals surface area contributed by atoms with Gasteiger partial charge in [-0.25, -0.2) is 5.57 Å². The molecule has 9 rings (SSSR count). The molecule has 3 aromatic rings. The largest absolute Gasteiger partial charge is 0.358 e. The van der Waals surface area contributed by atoms with E-state index in [0.717, 1.165) is 24.2 Å². The van der Waals surface area contributed by atoms with Gasteiger partial charge in [-0.3, -0.25) is 6.08 Å². The van der Waals surface area contributed by atoms with Gasteiger partial charge in [-0.05, 0) is 68.1 Å². The maximum atomic E-state index is 3.57. The number of aryl methyl sites for hydroxylation is 1. The summed E-state index contributed by atoms with van der Waals surface area (Å²) in [5, 5.41) is 0. The third kappa shape index (κ3) is 7.65. The van der Waals surface area contributed by atoms with Gasteiger partial charge in [0.1, 0.15) is 0 Å². The first-order valence-corrected chi connectivity index (χ1v) is 16.9. The zero-order valence-electron chi connectivity index (χ0n) is 25.6. The second kappa shape index (κ2) is 14.4. The van der Waals surface area contributed by atoms with Crippen LogP contribution in [-0.4, -0.2) is 4.21 Å². The van der Waals surface area contributed by atoms with Crippen LogP contribution in [0.1, 0.15) is 75.5 Å². The van der Waals surface area contributed by atoms with E-state index in [2.05, 4.69) is 85.7 Å². The van der Waals surface area contributed by atoms with Gasteiger partial charge in [0.15, 0.2) is 0 Å². The molecule has 4 fully saturated rings. The Balaban J connectivity index is 0.000000148. The second-order valence-corrected chi connectivity index (χ2v) is 12.8. The molecule has 214 valence electrons. The van der Waals surface area contributed by atoms with Crippen LogP contribution in [0.5, 0.6) is 0 Å². The Bertz CT molecular complexity index is 1270. The van der Waals surface area contributed by atoms with Crippen molar-refractivity contribution < 1.29 is 24.2 Å².